The number of hydrogen-bond acceptors (Lipinski definition) is 4. The van der Waals surface area contributed by atoms with E-state index in [9.17, 15) is 4.79 Å². The van der Waals surface area contributed by atoms with Crippen LogP contribution in [0.5, 0.6) is 0 Å². The van der Waals surface area contributed by atoms with Gasteiger partial charge in [0.05, 0.1) is 17.3 Å². The Hall–Kier alpha value is -3.90. The Balaban J connectivity index is 1.65. The summed E-state index contributed by atoms with van der Waals surface area (Å²) >= 11 is 6.04. The molecule has 2 heterocycles. The first kappa shape index (κ1) is 22.9. The number of carbonyl (C=O) groups is 1. The van der Waals surface area contributed by atoms with Gasteiger partial charge in [-0.2, -0.15) is 4.98 Å². The molecule has 176 valence electrons. The summed E-state index contributed by atoms with van der Waals surface area (Å²) in [5, 5.41) is 8.01. The number of nitrogens with zero attached hydrogens (tertiary/aromatic N) is 3. The number of aryl methyl sites for hydroxylation is 2. The Kier molecular flexibility index (Phi) is 6.14. The summed E-state index contributed by atoms with van der Waals surface area (Å²) in [5.41, 5.74) is 6.29. The number of aromatic nitrogens is 2. The van der Waals surface area contributed by atoms with Crippen molar-refractivity contribution in [2.24, 2.45) is 0 Å². The van der Waals surface area contributed by atoms with Crippen molar-refractivity contribution in [3.8, 4) is 11.4 Å². The second kappa shape index (κ2) is 9.39. The van der Waals surface area contributed by atoms with Crippen molar-refractivity contribution in [2.75, 3.05) is 4.90 Å². The number of urea groups is 1. The highest BCUT2D eigenvalue weighted by Crippen LogP contribution is 2.39. The highest BCUT2D eigenvalue weighted by atomic mass is 35.5. The smallest absolute Gasteiger partial charge is 0.326 e. The van der Waals surface area contributed by atoms with Crippen LogP contribution >= 0.6 is 11.6 Å². The predicted molar refractivity (Wildman–Crippen MR) is 138 cm³/mol. The van der Waals surface area contributed by atoms with E-state index in [2.05, 4.69) is 23.5 Å². The van der Waals surface area contributed by atoms with Crippen molar-refractivity contribution >= 4 is 28.9 Å². The van der Waals surface area contributed by atoms with Crippen molar-refractivity contribution in [1.29, 1.82) is 0 Å². The average Bonchev–Trinajstić information content (AvgIpc) is 3.34. The zero-order chi connectivity index (χ0) is 24.5. The minimum absolute atomic E-state index is 0.206. The van der Waals surface area contributed by atoms with Crippen LogP contribution in [0.4, 0.5) is 10.5 Å². The molecule has 0 bridgehead atoms. The van der Waals surface area contributed by atoms with E-state index in [0.717, 1.165) is 45.6 Å². The van der Waals surface area contributed by atoms with Crippen LogP contribution in [0.1, 0.15) is 42.5 Å². The maximum Gasteiger partial charge on any atom is 0.326 e. The highest BCUT2D eigenvalue weighted by Gasteiger charge is 2.36. The molecule has 0 aliphatic carbocycles. The molecule has 1 atom stereocenters. The second-order valence-electron chi connectivity index (χ2n) is 8.58. The van der Waals surface area contributed by atoms with E-state index in [0.29, 0.717) is 16.7 Å². The number of carbonyl (C=O) groups excluding carboxylic acids is 1. The van der Waals surface area contributed by atoms with Crippen molar-refractivity contribution in [3.05, 3.63) is 106 Å². The lowest BCUT2D eigenvalue weighted by Crippen LogP contribution is -2.46. The number of nitrogens with one attached hydrogen (secondary N) is 1. The van der Waals surface area contributed by atoms with Crippen LogP contribution in [0, 0.1) is 6.92 Å². The molecule has 0 fully saturated rings. The summed E-state index contributed by atoms with van der Waals surface area (Å²) in [6.45, 7) is 6.04. The summed E-state index contributed by atoms with van der Waals surface area (Å²) in [6.07, 6.45) is 0.874. The Morgan fingerprint density at radius 3 is 2.49 bits per heavy atom. The predicted octanol–water partition coefficient (Wildman–Crippen LogP) is 6.96. The van der Waals surface area contributed by atoms with Gasteiger partial charge in [0.1, 0.15) is 0 Å². The van der Waals surface area contributed by atoms with Crippen molar-refractivity contribution < 1.29 is 9.32 Å². The standard InChI is InChI=1S/C28H25ClN4O2/c1-4-19-6-5-7-23(16-19)33-18(3)24(25(30-28(33)34)20-10-8-17(2)9-11-20)27-31-26(32-35-27)21-12-14-22(29)15-13-21/h5-16,25H,4H2,1-3H3,(H,30,34). The summed E-state index contributed by atoms with van der Waals surface area (Å²) in [4.78, 5) is 19.8. The molecule has 7 heteroatoms. The minimum Gasteiger partial charge on any atom is -0.334 e. The lowest BCUT2D eigenvalue weighted by Gasteiger charge is -2.35. The molecule has 0 radical (unpaired) electrons. The van der Waals surface area contributed by atoms with E-state index >= 15 is 0 Å². The molecular formula is C28H25ClN4O2. The molecule has 6 nitrogen and oxygen atoms in total. The largest absolute Gasteiger partial charge is 0.334 e. The molecule has 3 aromatic carbocycles. The summed E-state index contributed by atoms with van der Waals surface area (Å²) < 4.78 is 5.77. The molecule has 1 aliphatic rings. The maximum absolute atomic E-state index is 13.4. The van der Waals surface area contributed by atoms with E-state index in [1.165, 1.54) is 0 Å². The third-order valence-electron chi connectivity index (χ3n) is 6.23. The van der Waals surface area contributed by atoms with E-state index in [-0.39, 0.29) is 6.03 Å². The van der Waals surface area contributed by atoms with Crippen LogP contribution in [0.2, 0.25) is 5.02 Å². The van der Waals surface area contributed by atoms with Gasteiger partial charge >= 0.3 is 6.03 Å². The lowest BCUT2D eigenvalue weighted by molar-refractivity contribution is 0.244. The number of halogens is 1. The number of rotatable bonds is 5. The first-order chi connectivity index (χ1) is 16.9. The van der Waals surface area contributed by atoms with Gasteiger partial charge in [-0.05, 0) is 67.8 Å². The average molecular weight is 485 g/mol. The van der Waals surface area contributed by atoms with Gasteiger partial charge in [0.15, 0.2) is 0 Å². The topological polar surface area (TPSA) is 71.3 Å². The molecule has 35 heavy (non-hydrogen) atoms. The van der Waals surface area contributed by atoms with Gasteiger partial charge in [-0.1, -0.05) is 65.6 Å². The van der Waals surface area contributed by atoms with E-state index in [4.69, 9.17) is 21.1 Å². The second-order valence-corrected chi connectivity index (χ2v) is 9.02. The van der Waals surface area contributed by atoms with Crippen LogP contribution in [0.3, 0.4) is 0 Å². The number of hydrogen-bond donors (Lipinski definition) is 1. The molecule has 4 aromatic rings. The zero-order valence-electron chi connectivity index (χ0n) is 19.7. The van der Waals surface area contributed by atoms with Gasteiger partial charge in [0, 0.05) is 16.3 Å². The third-order valence-corrected chi connectivity index (χ3v) is 6.48. The number of amides is 2. The van der Waals surface area contributed by atoms with E-state index in [1.807, 2.05) is 68.4 Å². The maximum atomic E-state index is 13.4. The van der Waals surface area contributed by atoms with Gasteiger partial charge in [-0.25, -0.2) is 4.79 Å². The molecule has 5 rings (SSSR count). The van der Waals surface area contributed by atoms with Gasteiger partial charge in [-0.3, -0.25) is 4.90 Å². The fourth-order valence-electron chi connectivity index (χ4n) is 4.30. The molecule has 1 N–H and O–H groups in total. The summed E-state index contributed by atoms with van der Waals surface area (Å²) in [6, 6.07) is 22.7. The molecule has 0 saturated heterocycles. The van der Waals surface area contributed by atoms with Crippen LogP contribution in [-0.2, 0) is 6.42 Å². The van der Waals surface area contributed by atoms with Crippen LogP contribution in [0.15, 0.2) is 83.0 Å². The number of allylic oxidation sites excluding steroid dienone is 1. The molecule has 1 unspecified atom stereocenters. The van der Waals surface area contributed by atoms with E-state index in [1.54, 1.807) is 17.0 Å². The molecule has 2 amide bonds. The fraction of sp³-hybridized carbons (Fsp3) is 0.179. The van der Waals surface area contributed by atoms with Gasteiger partial charge in [-0.15, -0.1) is 0 Å². The minimum atomic E-state index is -0.438. The molecule has 0 spiro atoms. The summed E-state index contributed by atoms with van der Waals surface area (Å²) in [7, 11) is 0. The Bertz CT molecular complexity index is 1410. The number of anilines is 1. The van der Waals surface area contributed by atoms with Crippen molar-refractivity contribution in [1.82, 2.24) is 15.5 Å². The molecule has 1 aromatic heterocycles. The molecule has 0 saturated carbocycles. The summed E-state index contributed by atoms with van der Waals surface area (Å²) in [5.74, 6) is 0.811. The monoisotopic (exact) mass is 484 g/mol. The zero-order valence-corrected chi connectivity index (χ0v) is 20.5. The molecular weight excluding hydrogens is 460 g/mol. The number of benzene rings is 3. The van der Waals surface area contributed by atoms with Gasteiger partial charge in [0.2, 0.25) is 5.82 Å². The van der Waals surface area contributed by atoms with Gasteiger partial charge in [0.25, 0.3) is 5.89 Å². The fourth-order valence-corrected chi connectivity index (χ4v) is 4.43. The van der Waals surface area contributed by atoms with E-state index < -0.39 is 6.04 Å². The normalized spacial score (nSPS) is 15.9. The molecule has 1 aliphatic heterocycles. The van der Waals surface area contributed by atoms with Crippen LogP contribution in [-0.4, -0.2) is 16.2 Å². The van der Waals surface area contributed by atoms with Crippen molar-refractivity contribution in [2.45, 2.75) is 33.2 Å². The lowest BCUT2D eigenvalue weighted by atomic mass is 9.94. The Labute approximate surface area is 209 Å². The van der Waals surface area contributed by atoms with Crippen molar-refractivity contribution in [3.63, 3.8) is 0 Å². The Morgan fingerprint density at radius 2 is 1.77 bits per heavy atom. The SMILES string of the molecule is CCc1cccc(N2C(=O)NC(c3ccc(C)cc3)C(c3nc(-c4ccc(Cl)cc4)no3)=C2C)c1. The Morgan fingerprint density at radius 1 is 1.03 bits per heavy atom. The van der Waals surface area contributed by atoms with Gasteiger partial charge < -0.3 is 9.84 Å². The van der Waals surface area contributed by atoms with Crippen LogP contribution in [0.25, 0.3) is 17.0 Å². The quantitative estimate of drug-likeness (QED) is 0.332. The first-order valence-corrected chi connectivity index (χ1v) is 11.9. The first-order valence-electron chi connectivity index (χ1n) is 11.5. The van der Waals surface area contributed by atoms with Crippen LogP contribution < -0.4 is 10.2 Å². The highest BCUT2D eigenvalue weighted by molar-refractivity contribution is 6.30. The third kappa shape index (κ3) is 4.45.